The fourth-order valence-electron chi connectivity index (χ4n) is 2.49. The van der Waals surface area contributed by atoms with Crippen molar-refractivity contribution in [2.75, 3.05) is 18.4 Å². The van der Waals surface area contributed by atoms with Gasteiger partial charge in [0.25, 0.3) is 0 Å². The van der Waals surface area contributed by atoms with Crippen LogP contribution in [0.5, 0.6) is 0 Å². The van der Waals surface area contributed by atoms with Crippen LogP contribution in [-0.2, 0) is 6.54 Å². The van der Waals surface area contributed by atoms with E-state index in [9.17, 15) is 0 Å². The first-order chi connectivity index (χ1) is 7.78. The molecule has 0 bridgehead atoms. The van der Waals surface area contributed by atoms with Gasteiger partial charge in [0.15, 0.2) is 0 Å². The zero-order valence-corrected chi connectivity index (χ0v) is 11.5. The number of aryl methyl sites for hydroxylation is 1. The molecule has 88 valence electrons. The number of rotatable bonds is 3. The van der Waals surface area contributed by atoms with Gasteiger partial charge in [0.1, 0.15) is 0 Å². The summed E-state index contributed by atoms with van der Waals surface area (Å²) in [6.45, 7) is 5.79. The molecule has 2 rings (SSSR count). The molecule has 1 aromatic rings. The molecule has 1 nitrogen and oxygen atoms in total. The summed E-state index contributed by atoms with van der Waals surface area (Å²) in [5, 5.41) is 1.15. The minimum absolute atomic E-state index is 0.846. The van der Waals surface area contributed by atoms with Gasteiger partial charge in [-0.3, -0.25) is 4.90 Å². The van der Waals surface area contributed by atoms with Crippen molar-refractivity contribution in [1.82, 2.24) is 4.90 Å². The summed E-state index contributed by atoms with van der Waals surface area (Å²) in [4.78, 5) is 2.59. The van der Waals surface area contributed by atoms with E-state index in [1.807, 2.05) is 0 Å². The number of hydrogen-bond acceptors (Lipinski definition) is 1. The van der Waals surface area contributed by atoms with E-state index in [-0.39, 0.29) is 0 Å². The Morgan fingerprint density at radius 2 is 2.31 bits per heavy atom. The fraction of sp³-hybridized carbons (Fsp3) is 0.571. The van der Waals surface area contributed by atoms with Crippen molar-refractivity contribution >= 4 is 15.9 Å². The molecule has 0 aromatic heterocycles. The molecular weight excluding hydrogens is 262 g/mol. The molecule has 1 heterocycles. The Hall–Kier alpha value is -0.340. The zero-order valence-electron chi connectivity index (χ0n) is 9.95. The highest BCUT2D eigenvalue weighted by atomic mass is 79.9. The van der Waals surface area contributed by atoms with Gasteiger partial charge in [-0.05, 0) is 37.8 Å². The van der Waals surface area contributed by atoms with E-state index in [1.54, 1.807) is 0 Å². The molecule has 1 saturated heterocycles. The van der Waals surface area contributed by atoms with Gasteiger partial charge < -0.3 is 0 Å². The predicted molar refractivity (Wildman–Crippen MR) is 73.0 cm³/mol. The number of alkyl halides is 1. The number of nitrogens with zero attached hydrogens (tertiary/aromatic N) is 1. The summed E-state index contributed by atoms with van der Waals surface area (Å²) >= 11 is 3.61. The molecule has 0 amide bonds. The number of hydrogen-bond donors (Lipinski definition) is 0. The van der Waals surface area contributed by atoms with Crippen molar-refractivity contribution in [1.29, 1.82) is 0 Å². The van der Waals surface area contributed by atoms with Crippen LogP contribution in [0.25, 0.3) is 0 Å². The summed E-state index contributed by atoms with van der Waals surface area (Å²) in [5.74, 6) is 0.846. The quantitative estimate of drug-likeness (QED) is 0.766. The lowest BCUT2D eigenvalue weighted by Gasteiger charge is -2.31. The van der Waals surface area contributed by atoms with Crippen molar-refractivity contribution in [3.63, 3.8) is 0 Å². The second-order valence-corrected chi connectivity index (χ2v) is 5.53. The molecule has 0 aliphatic carbocycles. The molecule has 2 heteroatoms. The number of piperidine rings is 1. The normalized spacial score (nSPS) is 22.2. The molecule has 0 spiro atoms. The molecule has 1 aliphatic heterocycles. The molecule has 1 fully saturated rings. The summed E-state index contributed by atoms with van der Waals surface area (Å²) in [5.41, 5.74) is 2.82. The SMILES string of the molecule is Cc1cccc(CN2CCCC(CBr)C2)c1. The molecule has 1 aromatic carbocycles. The van der Waals surface area contributed by atoms with Gasteiger partial charge >= 0.3 is 0 Å². The third-order valence-electron chi connectivity index (χ3n) is 3.31. The van der Waals surface area contributed by atoms with E-state index in [2.05, 4.69) is 52.0 Å². The maximum absolute atomic E-state index is 3.61. The Labute approximate surface area is 107 Å². The van der Waals surface area contributed by atoms with E-state index < -0.39 is 0 Å². The van der Waals surface area contributed by atoms with Gasteiger partial charge in [-0.2, -0.15) is 0 Å². The van der Waals surface area contributed by atoms with Crippen LogP contribution in [0.4, 0.5) is 0 Å². The van der Waals surface area contributed by atoms with Gasteiger partial charge in [0, 0.05) is 18.4 Å². The third kappa shape index (κ3) is 3.33. The Morgan fingerprint density at radius 1 is 1.44 bits per heavy atom. The third-order valence-corrected chi connectivity index (χ3v) is 4.23. The lowest BCUT2D eigenvalue weighted by molar-refractivity contribution is 0.179. The van der Waals surface area contributed by atoms with E-state index in [0.29, 0.717) is 0 Å². The number of likely N-dealkylation sites (tertiary alicyclic amines) is 1. The van der Waals surface area contributed by atoms with Crippen molar-refractivity contribution in [2.24, 2.45) is 5.92 Å². The highest BCUT2D eigenvalue weighted by Gasteiger charge is 2.18. The van der Waals surface area contributed by atoms with Gasteiger partial charge in [-0.25, -0.2) is 0 Å². The molecular formula is C14H20BrN. The van der Waals surface area contributed by atoms with E-state index in [1.165, 1.54) is 37.1 Å². The Balaban J connectivity index is 1.94. The monoisotopic (exact) mass is 281 g/mol. The van der Waals surface area contributed by atoms with Crippen LogP contribution in [0.15, 0.2) is 24.3 Å². The van der Waals surface area contributed by atoms with Crippen molar-refractivity contribution < 1.29 is 0 Å². The Bertz CT molecular complexity index is 337. The zero-order chi connectivity index (χ0) is 11.4. The molecule has 1 unspecified atom stereocenters. The van der Waals surface area contributed by atoms with E-state index >= 15 is 0 Å². The van der Waals surface area contributed by atoms with E-state index in [0.717, 1.165) is 17.8 Å². The fourth-order valence-corrected chi connectivity index (χ4v) is 3.02. The second-order valence-electron chi connectivity index (χ2n) is 4.89. The minimum atomic E-state index is 0.846. The highest BCUT2D eigenvalue weighted by Crippen LogP contribution is 2.20. The summed E-state index contributed by atoms with van der Waals surface area (Å²) in [7, 11) is 0. The molecule has 0 saturated carbocycles. The average molecular weight is 282 g/mol. The van der Waals surface area contributed by atoms with Crippen LogP contribution in [0, 0.1) is 12.8 Å². The second kappa shape index (κ2) is 5.83. The first-order valence-electron chi connectivity index (χ1n) is 6.12. The average Bonchev–Trinajstić information content (AvgIpc) is 2.29. The molecule has 1 aliphatic rings. The first-order valence-corrected chi connectivity index (χ1v) is 7.24. The van der Waals surface area contributed by atoms with Gasteiger partial charge in [-0.15, -0.1) is 0 Å². The van der Waals surface area contributed by atoms with Gasteiger partial charge in [-0.1, -0.05) is 45.8 Å². The topological polar surface area (TPSA) is 3.24 Å². The highest BCUT2D eigenvalue weighted by molar-refractivity contribution is 9.09. The van der Waals surface area contributed by atoms with Gasteiger partial charge in [0.05, 0.1) is 0 Å². The summed E-state index contributed by atoms with van der Waals surface area (Å²) in [6, 6.07) is 8.88. The maximum atomic E-state index is 3.61. The van der Waals surface area contributed by atoms with Crippen LogP contribution in [0.3, 0.4) is 0 Å². The van der Waals surface area contributed by atoms with Crippen molar-refractivity contribution in [3.05, 3.63) is 35.4 Å². The van der Waals surface area contributed by atoms with Crippen LogP contribution in [0.2, 0.25) is 0 Å². The minimum Gasteiger partial charge on any atom is -0.299 e. The standard InChI is InChI=1S/C14H20BrN/c1-12-4-2-5-13(8-12)10-16-7-3-6-14(9-15)11-16/h2,4-5,8,14H,3,6-7,9-11H2,1H3. The lowest BCUT2D eigenvalue weighted by atomic mass is 9.99. The maximum Gasteiger partial charge on any atom is 0.0233 e. The summed E-state index contributed by atoms with van der Waals surface area (Å²) < 4.78 is 0. The van der Waals surface area contributed by atoms with Crippen LogP contribution >= 0.6 is 15.9 Å². The largest absolute Gasteiger partial charge is 0.299 e. The van der Waals surface area contributed by atoms with Crippen molar-refractivity contribution in [3.8, 4) is 0 Å². The van der Waals surface area contributed by atoms with Crippen molar-refractivity contribution in [2.45, 2.75) is 26.3 Å². The number of benzene rings is 1. The smallest absolute Gasteiger partial charge is 0.0233 e. The molecule has 0 radical (unpaired) electrons. The molecule has 16 heavy (non-hydrogen) atoms. The van der Waals surface area contributed by atoms with Crippen LogP contribution in [0.1, 0.15) is 24.0 Å². The number of halogens is 1. The Morgan fingerprint density at radius 3 is 3.06 bits per heavy atom. The molecule has 0 N–H and O–H groups in total. The van der Waals surface area contributed by atoms with E-state index in [4.69, 9.17) is 0 Å². The predicted octanol–water partition coefficient (Wildman–Crippen LogP) is 3.60. The first kappa shape index (κ1) is 12.1. The summed E-state index contributed by atoms with van der Waals surface area (Å²) in [6.07, 6.45) is 2.73. The van der Waals surface area contributed by atoms with Gasteiger partial charge in [0.2, 0.25) is 0 Å². The van der Waals surface area contributed by atoms with Crippen LogP contribution in [-0.4, -0.2) is 23.3 Å². The van der Waals surface area contributed by atoms with Crippen LogP contribution < -0.4 is 0 Å². The molecule has 1 atom stereocenters. The lowest BCUT2D eigenvalue weighted by Crippen LogP contribution is -2.35. The Kier molecular flexibility index (Phi) is 4.42.